The number of nitrogens with zero attached hydrogens (tertiary/aromatic N) is 2. The number of ether oxygens (including phenoxy) is 1. The molecule has 1 saturated carbocycles. The molecule has 1 aliphatic heterocycles. The maximum absolute atomic E-state index is 12.0. The Hall–Kier alpha value is -0.520. The molecule has 6 nitrogen and oxygen atoms in total. The number of fused-ring (bicyclic) bond motifs is 1. The summed E-state index contributed by atoms with van der Waals surface area (Å²) >= 11 is 0. The van der Waals surface area contributed by atoms with Crippen LogP contribution in [0, 0.1) is 5.92 Å². The first-order chi connectivity index (χ1) is 11.7. The fourth-order valence-electron chi connectivity index (χ4n) is 3.63. The number of methoxy groups -OCH3 is 1. The van der Waals surface area contributed by atoms with Crippen molar-refractivity contribution in [3.05, 3.63) is 11.8 Å². The van der Waals surface area contributed by atoms with Gasteiger partial charge >= 0.3 is 8.25 Å². The molecule has 0 N–H and O–H groups in total. The summed E-state index contributed by atoms with van der Waals surface area (Å²) < 4.78 is 28.5. The second-order valence-electron chi connectivity index (χ2n) is 8.30. The first kappa shape index (κ1) is 20.8. The molecule has 0 aromatic rings. The lowest BCUT2D eigenvalue weighted by atomic mass is 9.79. The van der Waals surface area contributed by atoms with E-state index in [2.05, 4.69) is 30.1 Å². The highest BCUT2D eigenvalue weighted by Crippen LogP contribution is 2.42. The molecular weight excluding hydrogens is 339 g/mol. The van der Waals surface area contributed by atoms with E-state index >= 15 is 0 Å². The van der Waals surface area contributed by atoms with E-state index in [9.17, 15) is 4.57 Å². The van der Waals surface area contributed by atoms with Gasteiger partial charge in [-0.1, -0.05) is 4.52 Å². The lowest BCUT2D eigenvalue weighted by Gasteiger charge is -2.36. The van der Waals surface area contributed by atoms with Crippen LogP contribution < -0.4 is 0 Å². The molecule has 4 atom stereocenters. The monoisotopic (exact) mass is 373 g/mol. The van der Waals surface area contributed by atoms with Gasteiger partial charge in [-0.2, -0.15) is 0 Å². The standard InChI is InChI=1S/C18H34N2O4P/c1-18(2,3)24-25(21)23-13-20-12-14(9-10-19(4)5)16-11-15(22-6)7-8-17(16)20/h12,15-17H,7-11,13H2,1-6H3/q+1. The molecule has 2 rings (SSSR count). The second kappa shape index (κ2) is 8.92. The Morgan fingerprint density at radius 2 is 2.04 bits per heavy atom. The summed E-state index contributed by atoms with van der Waals surface area (Å²) in [6, 6.07) is 0.418. The van der Waals surface area contributed by atoms with E-state index in [1.165, 1.54) is 5.57 Å². The molecule has 2 aliphatic rings. The highest BCUT2D eigenvalue weighted by atomic mass is 31.1. The predicted octanol–water partition coefficient (Wildman–Crippen LogP) is 3.77. The maximum atomic E-state index is 12.0. The van der Waals surface area contributed by atoms with Gasteiger partial charge in [0.1, 0.15) is 5.60 Å². The van der Waals surface area contributed by atoms with Gasteiger partial charge in [0.15, 0.2) is 6.73 Å². The van der Waals surface area contributed by atoms with Crippen LogP contribution in [0.2, 0.25) is 0 Å². The van der Waals surface area contributed by atoms with Crippen molar-refractivity contribution in [1.29, 1.82) is 0 Å². The van der Waals surface area contributed by atoms with E-state index in [-0.39, 0.29) is 0 Å². The minimum atomic E-state index is -2.11. The third-order valence-corrected chi connectivity index (χ3v) is 5.86. The van der Waals surface area contributed by atoms with Gasteiger partial charge in [-0.3, -0.25) is 0 Å². The Kier molecular flexibility index (Phi) is 7.41. The quantitative estimate of drug-likeness (QED) is 0.604. The average Bonchev–Trinajstić information content (AvgIpc) is 2.86. The van der Waals surface area contributed by atoms with Crippen LogP contribution in [0.3, 0.4) is 0 Å². The van der Waals surface area contributed by atoms with Gasteiger partial charge in [0.2, 0.25) is 0 Å². The lowest BCUT2D eigenvalue weighted by molar-refractivity contribution is 0.0172. The predicted molar refractivity (Wildman–Crippen MR) is 99.4 cm³/mol. The Labute approximate surface area is 153 Å². The van der Waals surface area contributed by atoms with Crippen molar-refractivity contribution in [2.24, 2.45) is 5.92 Å². The van der Waals surface area contributed by atoms with Crippen LogP contribution in [0.25, 0.3) is 0 Å². The van der Waals surface area contributed by atoms with Gasteiger partial charge in [0.05, 0.1) is 6.10 Å². The van der Waals surface area contributed by atoms with Gasteiger partial charge in [0, 0.05) is 36.4 Å². The second-order valence-corrected chi connectivity index (χ2v) is 9.19. The van der Waals surface area contributed by atoms with E-state index < -0.39 is 13.9 Å². The molecule has 1 aliphatic carbocycles. The van der Waals surface area contributed by atoms with Crippen LogP contribution >= 0.6 is 8.25 Å². The minimum absolute atomic E-state index is 0.315. The highest BCUT2D eigenvalue weighted by Gasteiger charge is 2.41. The van der Waals surface area contributed by atoms with Crippen LogP contribution in [0.1, 0.15) is 46.5 Å². The van der Waals surface area contributed by atoms with Crippen LogP contribution in [0.5, 0.6) is 0 Å². The van der Waals surface area contributed by atoms with Gasteiger partial charge < -0.3 is 14.5 Å². The smallest absolute Gasteiger partial charge is 0.381 e. The van der Waals surface area contributed by atoms with E-state index in [0.717, 1.165) is 32.2 Å². The molecule has 0 aromatic heterocycles. The molecule has 0 spiro atoms. The van der Waals surface area contributed by atoms with Crippen LogP contribution in [0.4, 0.5) is 0 Å². The molecule has 1 heterocycles. The lowest BCUT2D eigenvalue weighted by Crippen LogP contribution is -2.39. The fourth-order valence-corrected chi connectivity index (χ4v) is 4.36. The van der Waals surface area contributed by atoms with E-state index in [1.807, 2.05) is 20.8 Å². The van der Waals surface area contributed by atoms with Crippen LogP contribution in [0.15, 0.2) is 11.8 Å². The Morgan fingerprint density at radius 1 is 1.32 bits per heavy atom. The highest BCUT2D eigenvalue weighted by molar-refractivity contribution is 7.33. The number of rotatable bonds is 8. The normalized spacial score (nSPS) is 27.5. The van der Waals surface area contributed by atoms with Crippen LogP contribution in [-0.2, 0) is 18.3 Å². The first-order valence-corrected chi connectivity index (χ1v) is 10.2. The Balaban J connectivity index is 1.98. The zero-order valence-corrected chi connectivity index (χ0v) is 17.4. The topological polar surface area (TPSA) is 51.2 Å². The molecule has 0 saturated heterocycles. The molecule has 0 amide bonds. The molecule has 0 aromatic carbocycles. The first-order valence-electron chi connectivity index (χ1n) is 9.12. The summed E-state index contributed by atoms with van der Waals surface area (Å²) in [6.07, 6.45) is 6.80. The molecule has 7 heteroatoms. The van der Waals surface area contributed by atoms with Crippen molar-refractivity contribution < 1.29 is 18.3 Å². The van der Waals surface area contributed by atoms with E-state index in [4.69, 9.17) is 13.8 Å². The summed E-state index contributed by atoms with van der Waals surface area (Å²) in [5.74, 6) is 0.503. The molecule has 4 unspecified atom stereocenters. The summed E-state index contributed by atoms with van der Waals surface area (Å²) in [6.45, 7) is 6.97. The van der Waals surface area contributed by atoms with Crippen molar-refractivity contribution in [3.8, 4) is 0 Å². The summed E-state index contributed by atoms with van der Waals surface area (Å²) in [5.41, 5.74) is 0.987. The third-order valence-electron chi connectivity index (χ3n) is 4.84. The van der Waals surface area contributed by atoms with Crippen LogP contribution in [-0.4, -0.2) is 62.0 Å². The van der Waals surface area contributed by atoms with E-state index in [1.54, 1.807) is 7.11 Å². The zero-order chi connectivity index (χ0) is 18.6. The summed E-state index contributed by atoms with van der Waals surface area (Å²) in [7, 11) is 3.89. The molecular formula is C18H34N2O4P+. The van der Waals surface area contributed by atoms with Crippen molar-refractivity contribution >= 4 is 8.25 Å². The average molecular weight is 373 g/mol. The van der Waals surface area contributed by atoms with Gasteiger partial charge in [-0.05, 0) is 66.1 Å². The Bertz CT molecular complexity index is 490. The molecule has 0 radical (unpaired) electrons. The van der Waals surface area contributed by atoms with Gasteiger partial charge in [-0.15, -0.1) is 4.52 Å². The molecule has 25 heavy (non-hydrogen) atoms. The molecule has 144 valence electrons. The Morgan fingerprint density at radius 3 is 2.64 bits per heavy atom. The maximum Gasteiger partial charge on any atom is 0.699 e. The molecule has 0 bridgehead atoms. The van der Waals surface area contributed by atoms with E-state index in [0.29, 0.717) is 24.8 Å². The largest absolute Gasteiger partial charge is 0.699 e. The fraction of sp³-hybridized carbons (Fsp3) is 0.889. The van der Waals surface area contributed by atoms with Crippen molar-refractivity contribution in [2.75, 3.05) is 34.5 Å². The SMILES string of the molecule is COC1CCC2C(C1)C(CCN(C)C)=CN2CO[P+](=O)OC(C)(C)C. The van der Waals surface area contributed by atoms with Crippen molar-refractivity contribution in [3.63, 3.8) is 0 Å². The minimum Gasteiger partial charge on any atom is -0.381 e. The van der Waals surface area contributed by atoms with Gasteiger partial charge in [0.25, 0.3) is 0 Å². The van der Waals surface area contributed by atoms with Crippen molar-refractivity contribution in [1.82, 2.24) is 9.80 Å². The summed E-state index contributed by atoms with van der Waals surface area (Å²) in [5, 5.41) is 0. The number of hydrogen-bond acceptors (Lipinski definition) is 6. The third kappa shape index (κ3) is 6.30. The number of hydrogen-bond donors (Lipinski definition) is 0. The zero-order valence-electron chi connectivity index (χ0n) is 16.5. The van der Waals surface area contributed by atoms with Gasteiger partial charge in [-0.25, -0.2) is 0 Å². The van der Waals surface area contributed by atoms with Crippen molar-refractivity contribution in [2.45, 2.75) is 64.2 Å². The summed E-state index contributed by atoms with van der Waals surface area (Å²) in [4.78, 5) is 4.42. The molecule has 1 fully saturated rings.